The molecule has 3 atom stereocenters. The van der Waals surface area contributed by atoms with E-state index in [0.29, 0.717) is 56.1 Å². The SMILES string of the molecule is CC[C@@]1(O)C(=O)OCc2c1cc1n(c2=O)Cc2c-1nc1ccc(NC(=O)[C@H](C)NC(=O)[C@@H](NC(=O)CCOc3ccc4nc(S(C)(=O)=O)sc4c3)C(C)C)c3c1c2CCO3. The number of fused-ring (bicyclic) bond motifs is 6. The number of cyclic esters (lactones) is 1. The van der Waals surface area contributed by atoms with Crippen molar-refractivity contribution < 1.29 is 46.9 Å². The normalized spacial score (nSPS) is 17.6. The highest BCUT2D eigenvalue weighted by molar-refractivity contribution is 7.92. The van der Waals surface area contributed by atoms with Gasteiger partial charge in [-0.3, -0.25) is 19.2 Å². The summed E-state index contributed by atoms with van der Waals surface area (Å²) < 4.78 is 43.0. The highest BCUT2D eigenvalue weighted by Crippen LogP contribution is 2.45. The van der Waals surface area contributed by atoms with Crippen molar-refractivity contribution >= 4 is 71.7 Å². The fourth-order valence-corrected chi connectivity index (χ4v) is 9.66. The maximum Gasteiger partial charge on any atom is 0.343 e. The fraction of sp³-hybridized carbons (Fsp3) is 0.390. The number of benzene rings is 2. The molecule has 0 saturated carbocycles. The highest BCUT2D eigenvalue weighted by atomic mass is 32.2. The lowest BCUT2D eigenvalue weighted by Gasteiger charge is -2.31. The van der Waals surface area contributed by atoms with E-state index < -0.39 is 51.2 Å². The van der Waals surface area contributed by atoms with E-state index in [0.717, 1.165) is 28.7 Å². The van der Waals surface area contributed by atoms with Crippen molar-refractivity contribution in [1.82, 2.24) is 25.2 Å². The molecule has 60 heavy (non-hydrogen) atoms. The summed E-state index contributed by atoms with van der Waals surface area (Å²) in [5, 5.41) is 20.2. The zero-order chi connectivity index (χ0) is 42.8. The van der Waals surface area contributed by atoms with Crippen LogP contribution in [0.25, 0.3) is 32.5 Å². The van der Waals surface area contributed by atoms with Crippen LogP contribution in [0.5, 0.6) is 11.5 Å². The van der Waals surface area contributed by atoms with Crippen LogP contribution in [0.1, 0.15) is 62.8 Å². The number of carbonyl (C=O) groups is 4. The maximum absolute atomic E-state index is 13.7. The van der Waals surface area contributed by atoms with E-state index in [2.05, 4.69) is 20.9 Å². The number of esters is 1. The molecule has 5 aromatic rings. The van der Waals surface area contributed by atoms with E-state index >= 15 is 0 Å². The molecule has 8 rings (SSSR count). The Bertz CT molecular complexity index is 2840. The predicted molar refractivity (Wildman–Crippen MR) is 220 cm³/mol. The number of sulfone groups is 1. The fourth-order valence-electron chi connectivity index (χ4n) is 7.80. The predicted octanol–water partition coefficient (Wildman–Crippen LogP) is 3.08. The Morgan fingerprint density at radius 1 is 1.00 bits per heavy atom. The van der Waals surface area contributed by atoms with Crippen molar-refractivity contribution in [3.63, 3.8) is 0 Å². The second-order valence-electron chi connectivity index (χ2n) is 15.4. The summed E-state index contributed by atoms with van der Waals surface area (Å²) in [5.74, 6) is -1.81. The van der Waals surface area contributed by atoms with Gasteiger partial charge in [-0.15, -0.1) is 11.3 Å². The molecule has 3 aliphatic rings. The molecule has 19 heteroatoms. The summed E-state index contributed by atoms with van der Waals surface area (Å²) in [4.78, 5) is 75.3. The molecule has 0 spiro atoms. The van der Waals surface area contributed by atoms with Crippen molar-refractivity contribution in [2.75, 3.05) is 24.8 Å². The number of anilines is 1. The number of carbonyl (C=O) groups excluding carboxylic acids is 4. The summed E-state index contributed by atoms with van der Waals surface area (Å²) in [6, 6.07) is 8.01. The first kappa shape index (κ1) is 40.8. The Morgan fingerprint density at radius 3 is 2.50 bits per heavy atom. The molecule has 0 unspecified atom stereocenters. The Balaban J connectivity index is 0.934. The Morgan fingerprint density at radius 2 is 1.77 bits per heavy atom. The van der Waals surface area contributed by atoms with Crippen molar-refractivity contribution in [3.8, 4) is 22.9 Å². The van der Waals surface area contributed by atoms with E-state index in [4.69, 9.17) is 19.2 Å². The minimum absolute atomic E-state index is 0.00287. The number of nitrogens with zero attached hydrogens (tertiary/aromatic N) is 3. The zero-order valence-electron chi connectivity index (χ0n) is 33.3. The minimum Gasteiger partial charge on any atom is -0.493 e. The van der Waals surface area contributed by atoms with Gasteiger partial charge in [0.2, 0.25) is 31.9 Å². The minimum atomic E-state index is -3.45. The number of nitrogens with one attached hydrogen (secondary N) is 3. The van der Waals surface area contributed by atoms with Gasteiger partial charge in [-0.05, 0) is 61.2 Å². The van der Waals surface area contributed by atoms with Crippen LogP contribution in [-0.2, 0) is 58.9 Å². The third-order valence-corrected chi connectivity index (χ3v) is 13.7. The van der Waals surface area contributed by atoms with Crippen LogP contribution < -0.4 is 31.0 Å². The second-order valence-corrected chi connectivity index (χ2v) is 18.7. The molecule has 6 heterocycles. The van der Waals surface area contributed by atoms with Crippen LogP contribution in [0.2, 0.25) is 0 Å². The first-order valence-corrected chi connectivity index (χ1v) is 22.1. The number of aliphatic hydroxyl groups is 1. The van der Waals surface area contributed by atoms with E-state index in [9.17, 15) is 37.5 Å². The molecular weight excluding hydrogens is 817 g/mol. The number of ether oxygens (including phenoxy) is 3. The lowest BCUT2D eigenvalue weighted by Crippen LogP contribution is -2.53. The lowest BCUT2D eigenvalue weighted by atomic mass is 9.86. The molecule has 3 aliphatic heterocycles. The number of amides is 3. The van der Waals surface area contributed by atoms with Gasteiger partial charge in [0.1, 0.15) is 24.4 Å². The summed E-state index contributed by atoms with van der Waals surface area (Å²) in [6.45, 7) is 6.97. The largest absolute Gasteiger partial charge is 0.493 e. The second kappa shape index (κ2) is 15.3. The molecule has 0 saturated heterocycles. The molecule has 3 aromatic heterocycles. The summed E-state index contributed by atoms with van der Waals surface area (Å²) in [5.41, 5.74) is 2.35. The summed E-state index contributed by atoms with van der Waals surface area (Å²) >= 11 is 1.03. The molecular formula is C41H42N6O11S2. The molecule has 0 radical (unpaired) electrons. The van der Waals surface area contributed by atoms with Crippen LogP contribution in [0.3, 0.4) is 0 Å². The van der Waals surface area contributed by atoms with E-state index in [-0.39, 0.29) is 66.2 Å². The first-order chi connectivity index (χ1) is 28.5. The lowest BCUT2D eigenvalue weighted by molar-refractivity contribution is -0.172. The zero-order valence-corrected chi connectivity index (χ0v) is 35.0. The molecule has 2 aromatic carbocycles. The quantitative estimate of drug-likeness (QED) is 0.130. The smallest absolute Gasteiger partial charge is 0.343 e. The molecule has 0 fully saturated rings. The number of thiazole rings is 1. The number of hydrogen-bond donors (Lipinski definition) is 4. The summed E-state index contributed by atoms with van der Waals surface area (Å²) in [6.07, 6.45) is 1.55. The number of hydrogen-bond acceptors (Lipinski definition) is 14. The third-order valence-electron chi connectivity index (χ3n) is 11.1. The average molecular weight is 859 g/mol. The molecule has 0 aliphatic carbocycles. The first-order valence-electron chi connectivity index (χ1n) is 19.4. The van der Waals surface area contributed by atoms with Gasteiger partial charge >= 0.3 is 5.97 Å². The van der Waals surface area contributed by atoms with Gasteiger partial charge in [0.15, 0.2) is 11.4 Å². The van der Waals surface area contributed by atoms with Gasteiger partial charge in [0.25, 0.3) is 5.56 Å². The monoisotopic (exact) mass is 858 g/mol. The standard InChI is InChI=1S/C41H42N6O11S2/c1-6-41(53)25-16-29-34-23(17-47(29)38(51)24(25)18-58-39(41)52)22-11-13-57-35-28(10-9-27(43-34)32(22)35)44-36(49)20(4)42-37(50)33(19(2)3)46-31(48)12-14-56-21-7-8-26-30(15-21)59-40(45-26)60(5,54)55/h7-10,15-16,19-20,33,53H,6,11-14,17-18H2,1-5H3,(H,42,50)(H,44,49)(H,46,48)/t20-,33-,41-/m0/s1. The molecule has 0 bridgehead atoms. The third kappa shape index (κ3) is 7.13. The summed E-state index contributed by atoms with van der Waals surface area (Å²) in [7, 11) is -3.45. The Labute approximate surface area is 347 Å². The average Bonchev–Trinajstić information content (AvgIpc) is 3.82. The Hall–Kier alpha value is -5.92. The van der Waals surface area contributed by atoms with Gasteiger partial charge in [0.05, 0.1) is 64.6 Å². The van der Waals surface area contributed by atoms with Crippen molar-refractivity contribution in [3.05, 3.63) is 69.0 Å². The van der Waals surface area contributed by atoms with E-state index in [1.165, 1.54) is 6.92 Å². The molecule has 3 amide bonds. The van der Waals surface area contributed by atoms with Gasteiger partial charge in [-0.1, -0.05) is 20.8 Å². The number of rotatable bonds is 12. The van der Waals surface area contributed by atoms with Crippen molar-refractivity contribution in [2.45, 2.75) is 82.1 Å². The van der Waals surface area contributed by atoms with Crippen molar-refractivity contribution in [1.29, 1.82) is 0 Å². The van der Waals surface area contributed by atoms with Crippen LogP contribution in [0.4, 0.5) is 5.69 Å². The molecule has 4 N–H and O–H groups in total. The highest BCUT2D eigenvalue weighted by Gasteiger charge is 2.45. The number of pyridine rings is 2. The topological polar surface area (TPSA) is 234 Å². The number of aromatic nitrogens is 3. The van der Waals surface area contributed by atoms with Gasteiger partial charge in [-0.2, -0.15) is 0 Å². The molecule has 17 nitrogen and oxygen atoms in total. The van der Waals surface area contributed by atoms with E-state index in [1.54, 1.807) is 61.7 Å². The molecule has 314 valence electrons. The maximum atomic E-state index is 13.7. The Kier molecular flexibility index (Phi) is 10.4. The van der Waals surface area contributed by atoms with Crippen LogP contribution in [-0.4, -0.2) is 83.3 Å². The van der Waals surface area contributed by atoms with Crippen molar-refractivity contribution in [2.24, 2.45) is 5.92 Å². The van der Waals surface area contributed by atoms with Crippen LogP contribution >= 0.6 is 11.3 Å². The van der Waals surface area contributed by atoms with Crippen LogP contribution in [0, 0.1) is 5.92 Å². The van der Waals surface area contributed by atoms with Crippen LogP contribution in [0.15, 0.2) is 45.5 Å². The van der Waals surface area contributed by atoms with E-state index in [1.807, 2.05) is 0 Å². The van der Waals surface area contributed by atoms with Gasteiger partial charge < -0.3 is 39.8 Å². The van der Waals surface area contributed by atoms with Gasteiger partial charge in [-0.25, -0.2) is 23.2 Å². The van der Waals surface area contributed by atoms with Gasteiger partial charge in [0, 0.05) is 29.2 Å².